The molecule has 0 spiro atoms. The van der Waals surface area contributed by atoms with E-state index in [1.54, 1.807) is 0 Å². The number of aliphatic hydroxyl groups excluding tert-OH is 1. The normalized spacial score (nSPS) is 37.7. The molecule has 7 heterocycles. The van der Waals surface area contributed by atoms with Gasteiger partial charge < -0.3 is 30.9 Å². The molecule has 2 bridgehead atoms. The zero-order valence-corrected chi connectivity index (χ0v) is 24.7. The fraction of sp³-hybridized carbons (Fsp3) is 0.524. The van der Waals surface area contributed by atoms with Crippen LogP contribution in [-0.2, 0) is 41.2 Å². The number of fused-ring (bicyclic) bond motifs is 5. The van der Waals surface area contributed by atoms with Crippen molar-refractivity contribution in [1.29, 1.82) is 0 Å². The Morgan fingerprint density at radius 2 is 1.44 bits per heavy atom. The molecule has 0 aliphatic carbocycles. The number of phosphoric acid groups is 2. The highest BCUT2D eigenvalue weighted by Gasteiger charge is 2.55. The molecule has 10 atom stereocenters. The Labute approximate surface area is 250 Å². The SMILES string of the molecule is COP1(=O)OC[C@H]2O[C@@H](n3cnc4c(N)ncnc43)[C@@H](O)C2OP(=O)(O)OC[C@H]2O[C@@H](n3cnc4c(N)ncnc43)[C@@H](O1)C2F. The van der Waals surface area contributed by atoms with Gasteiger partial charge >= 0.3 is 15.6 Å². The van der Waals surface area contributed by atoms with Crippen molar-refractivity contribution >= 4 is 49.6 Å². The molecular weight excluding hydrogens is 649 g/mol. The molecule has 0 saturated carbocycles. The van der Waals surface area contributed by atoms with Gasteiger partial charge in [0.1, 0.15) is 54.2 Å². The van der Waals surface area contributed by atoms with Crippen LogP contribution in [0.3, 0.4) is 0 Å². The Kier molecular flexibility index (Phi) is 7.57. The van der Waals surface area contributed by atoms with E-state index in [-0.39, 0.29) is 34.0 Å². The van der Waals surface area contributed by atoms with Crippen molar-refractivity contribution in [3.8, 4) is 0 Å². The summed E-state index contributed by atoms with van der Waals surface area (Å²) in [6.07, 6.45) is -7.99. The first kappa shape index (κ1) is 30.4. The number of hydrogen-bond acceptors (Lipinski definition) is 18. The van der Waals surface area contributed by atoms with Crippen LogP contribution < -0.4 is 11.5 Å². The van der Waals surface area contributed by atoms with E-state index < -0.39 is 78.0 Å². The van der Waals surface area contributed by atoms with Crippen LogP contribution in [-0.4, -0.2) is 106 Å². The third-order valence-corrected chi connectivity index (χ3v) is 9.82. The molecule has 0 aromatic carbocycles. The summed E-state index contributed by atoms with van der Waals surface area (Å²) >= 11 is 0. The highest BCUT2D eigenvalue weighted by molar-refractivity contribution is 7.48. The fourth-order valence-corrected chi connectivity index (χ4v) is 7.35. The summed E-state index contributed by atoms with van der Waals surface area (Å²) < 4.78 is 83.5. The Morgan fingerprint density at radius 3 is 2.07 bits per heavy atom. The number of ether oxygens (including phenoxy) is 2. The molecule has 0 amide bonds. The van der Waals surface area contributed by atoms with Gasteiger partial charge in [-0.15, -0.1) is 0 Å². The predicted octanol–water partition coefficient (Wildman–Crippen LogP) is -0.00350. The van der Waals surface area contributed by atoms with E-state index in [2.05, 4.69) is 29.9 Å². The van der Waals surface area contributed by atoms with Crippen molar-refractivity contribution in [2.24, 2.45) is 0 Å². The van der Waals surface area contributed by atoms with E-state index in [9.17, 15) is 19.1 Å². The number of hydrogen-bond donors (Lipinski definition) is 4. The molecule has 6 N–H and O–H groups in total. The highest BCUT2D eigenvalue weighted by atomic mass is 31.2. The van der Waals surface area contributed by atoms with Crippen LogP contribution in [0.5, 0.6) is 0 Å². The zero-order chi connectivity index (χ0) is 31.7. The Balaban J connectivity index is 1.22. The zero-order valence-electron chi connectivity index (χ0n) is 22.9. The average Bonchev–Trinajstić information content (AvgIpc) is 3.77. The minimum Gasteiger partial charge on any atom is -0.386 e. The number of nitrogens with two attached hydrogens (primary N) is 2. The van der Waals surface area contributed by atoms with Crippen molar-refractivity contribution < 1.29 is 55.6 Å². The average molecular weight is 674 g/mol. The van der Waals surface area contributed by atoms with Crippen LogP contribution in [0.15, 0.2) is 25.3 Å². The third-order valence-electron chi connectivity index (χ3n) is 7.42. The van der Waals surface area contributed by atoms with E-state index in [4.69, 9.17) is 43.6 Å². The highest BCUT2D eigenvalue weighted by Crippen LogP contribution is 2.56. The summed E-state index contributed by atoms with van der Waals surface area (Å²) in [6, 6.07) is 0. The number of nitrogens with zero attached hydrogens (tertiary/aromatic N) is 8. The lowest BCUT2D eigenvalue weighted by atomic mass is 10.1. The van der Waals surface area contributed by atoms with Crippen molar-refractivity contribution in [1.82, 2.24) is 39.0 Å². The lowest BCUT2D eigenvalue weighted by molar-refractivity contribution is -0.0682. The molecule has 3 aliphatic rings. The lowest BCUT2D eigenvalue weighted by Crippen LogP contribution is -2.36. The number of aromatic nitrogens is 8. The lowest BCUT2D eigenvalue weighted by Gasteiger charge is -2.26. The monoisotopic (exact) mass is 674 g/mol. The summed E-state index contributed by atoms with van der Waals surface area (Å²) in [5, 5.41) is 11.2. The quantitative estimate of drug-likeness (QED) is 0.208. The molecule has 4 aromatic rings. The van der Waals surface area contributed by atoms with Crippen molar-refractivity contribution in [3.63, 3.8) is 0 Å². The standard InChI is InChI=1S/C21H25FN10O11P2/c1-37-45(36)39-3-9-14(13(33)20(41-9)31-6-29-11-16(23)25-4-27-18(11)31)42-44(34,35)38-2-8-10(22)15(43-45)21(40-8)32-7-30-12-17(24)26-5-28-19(12)32/h4-10,13-15,20-21,33H,2-3H2,1H3,(H,34,35)(H2,23,25,27)(H2,24,26,28)/t8-,9-,10?,13+,14?,15+,20-,21-,45?/m1/s1. The molecule has 21 nitrogen and oxygen atoms in total. The first-order chi connectivity index (χ1) is 21.5. The van der Waals surface area contributed by atoms with Gasteiger partial charge in [-0.1, -0.05) is 0 Å². The Morgan fingerprint density at radius 1 is 0.867 bits per heavy atom. The van der Waals surface area contributed by atoms with Gasteiger partial charge in [-0.2, -0.15) is 0 Å². The van der Waals surface area contributed by atoms with Crippen LogP contribution in [0.2, 0.25) is 0 Å². The second-order valence-electron chi connectivity index (χ2n) is 10.1. The molecule has 4 unspecified atom stereocenters. The summed E-state index contributed by atoms with van der Waals surface area (Å²) in [4.78, 5) is 34.8. The van der Waals surface area contributed by atoms with Gasteiger partial charge in [0.2, 0.25) is 0 Å². The molecule has 45 heavy (non-hydrogen) atoms. The maximum atomic E-state index is 15.9. The van der Waals surface area contributed by atoms with E-state index in [0.29, 0.717) is 0 Å². The molecular formula is C21H25FN10O11P2. The third kappa shape index (κ3) is 5.26. The maximum Gasteiger partial charge on any atom is 0.475 e. The maximum absolute atomic E-state index is 15.9. The number of aliphatic hydroxyl groups is 1. The Bertz CT molecular complexity index is 1850. The van der Waals surface area contributed by atoms with E-state index in [1.165, 1.54) is 28.1 Å². The number of rotatable bonds is 3. The van der Waals surface area contributed by atoms with Gasteiger partial charge in [-0.25, -0.2) is 43.4 Å². The van der Waals surface area contributed by atoms with Crippen molar-refractivity contribution in [3.05, 3.63) is 25.3 Å². The molecule has 7 rings (SSSR count). The second kappa shape index (κ2) is 11.2. The molecule has 3 fully saturated rings. The van der Waals surface area contributed by atoms with Crippen LogP contribution in [0.1, 0.15) is 12.5 Å². The first-order valence-electron chi connectivity index (χ1n) is 13.1. The summed E-state index contributed by atoms with van der Waals surface area (Å²) in [6.45, 7) is -1.54. The topological polar surface area (TPSA) is 278 Å². The first-order valence-corrected chi connectivity index (χ1v) is 16.1. The van der Waals surface area contributed by atoms with Gasteiger partial charge in [0.25, 0.3) is 0 Å². The summed E-state index contributed by atoms with van der Waals surface area (Å²) in [5.41, 5.74) is 12.4. The number of nitrogen functional groups attached to an aromatic ring is 2. The van der Waals surface area contributed by atoms with Crippen molar-refractivity contribution in [2.75, 3.05) is 31.8 Å². The smallest absolute Gasteiger partial charge is 0.386 e. The van der Waals surface area contributed by atoms with Gasteiger partial charge in [-0.3, -0.25) is 31.8 Å². The predicted molar refractivity (Wildman–Crippen MR) is 144 cm³/mol. The Hall–Kier alpha value is -3.27. The van der Waals surface area contributed by atoms with Gasteiger partial charge in [0.15, 0.2) is 41.6 Å². The second-order valence-corrected chi connectivity index (χ2v) is 13.2. The number of alkyl halides is 1. The van der Waals surface area contributed by atoms with Gasteiger partial charge in [-0.05, 0) is 0 Å². The molecule has 3 saturated heterocycles. The molecule has 242 valence electrons. The van der Waals surface area contributed by atoms with E-state index in [0.717, 1.165) is 13.4 Å². The summed E-state index contributed by atoms with van der Waals surface area (Å²) in [7, 11) is -8.69. The number of phosphoric ester groups is 2. The van der Waals surface area contributed by atoms with E-state index in [1.807, 2.05) is 0 Å². The number of imidazole rings is 2. The molecule has 3 aliphatic heterocycles. The summed E-state index contributed by atoms with van der Waals surface area (Å²) in [5.74, 6) is 0.0873. The van der Waals surface area contributed by atoms with Crippen LogP contribution >= 0.6 is 15.6 Å². The van der Waals surface area contributed by atoms with Gasteiger partial charge in [0.05, 0.1) is 25.9 Å². The largest absolute Gasteiger partial charge is 0.475 e. The van der Waals surface area contributed by atoms with Gasteiger partial charge in [0, 0.05) is 7.11 Å². The molecule has 4 aromatic heterocycles. The van der Waals surface area contributed by atoms with Crippen molar-refractivity contribution in [2.45, 2.75) is 49.1 Å². The van der Waals surface area contributed by atoms with Crippen LogP contribution in [0, 0.1) is 0 Å². The number of halogens is 1. The fourth-order valence-electron chi connectivity index (χ4n) is 5.28. The minimum absolute atomic E-state index is 0.0310. The molecule has 24 heteroatoms. The van der Waals surface area contributed by atoms with E-state index >= 15 is 4.39 Å². The minimum atomic E-state index is -5.05. The van der Waals surface area contributed by atoms with Crippen LogP contribution in [0.4, 0.5) is 16.0 Å². The molecule has 0 radical (unpaired) electrons. The number of anilines is 2. The van der Waals surface area contributed by atoms with Crippen LogP contribution in [0.25, 0.3) is 22.3 Å².